The Labute approximate surface area is 105 Å². The largest absolute Gasteiger partial charge is 0.475 e. The normalized spacial score (nSPS) is 11.1. The minimum Gasteiger partial charge on any atom is -0.475 e. The highest BCUT2D eigenvalue weighted by molar-refractivity contribution is 5.84. The topological polar surface area (TPSA) is 91.6 Å². The van der Waals surface area contributed by atoms with Crippen molar-refractivity contribution in [2.75, 3.05) is 11.9 Å². The third kappa shape index (κ3) is 4.90. The lowest BCUT2D eigenvalue weighted by molar-refractivity contribution is -0.122. The molecule has 18 heavy (non-hydrogen) atoms. The summed E-state index contributed by atoms with van der Waals surface area (Å²) in [5, 5.41) is 14.3. The van der Waals surface area contributed by atoms with E-state index in [0.29, 0.717) is 18.8 Å². The second-order valence-electron chi connectivity index (χ2n) is 4.94. The third-order valence-corrected chi connectivity index (χ3v) is 1.98. The van der Waals surface area contributed by atoms with Crippen molar-refractivity contribution in [3.63, 3.8) is 0 Å². The summed E-state index contributed by atoms with van der Waals surface area (Å²) < 4.78 is 4.99. The van der Waals surface area contributed by atoms with Crippen molar-refractivity contribution < 1.29 is 19.1 Å². The number of hydrogen-bond acceptors (Lipinski definition) is 4. The average molecular weight is 254 g/mol. The molecule has 0 fully saturated rings. The zero-order valence-corrected chi connectivity index (χ0v) is 10.7. The standard InChI is InChI=1S/C12H18N2O4/c1-12(2,3)14-9(15)6-7-13-10-5-4-8(18-10)11(16)17/h4-5,13H,6-7H2,1-3H3,(H,14,15)(H,16,17). The maximum Gasteiger partial charge on any atom is 0.371 e. The van der Waals surface area contributed by atoms with E-state index in [0.717, 1.165) is 0 Å². The van der Waals surface area contributed by atoms with Crippen LogP contribution in [0.2, 0.25) is 0 Å². The highest BCUT2D eigenvalue weighted by Gasteiger charge is 2.13. The van der Waals surface area contributed by atoms with Gasteiger partial charge in [0.1, 0.15) is 0 Å². The summed E-state index contributed by atoms with van der Waals surface area (Å²) >= 11 is 0. The fraction of sp³-hybridized carbons (Fsp3) is 0.500. The van der Waals surface area contributed by atoms with Crippen LogP contribution < -0.4 is 10.6 Å². The van der Waals surface area contributed by atoms with Gasteiger partial charge in [-0.3, -0.25) is 4.79 Å². The van der Waals surface area contributed by atoms with Gasteiger partial charge in [-0.05, 0) is 26.8 Å². The van der Waals surface area contributed by atoms with Crippen LogP contribution in [-0.2, 0) is 4.79 Å². The zero-order chi connectivity index (χ0) is 13.8. The number of aromatic carboxylic acids is 1. The smallest absolute Gasteiger partial charge is 0.371 e. The molecule has 6 nitrogen and oxygen atoms in total. The van der Waals surface area contributed by atoms with Gasteiger partial charge in [0.05, 0.1) is 0 Å². The first kappa shape index (κ1) is 14.1. The second kappa shape index (κ2) is 5.57. The van der Waals surface area contributed by atoms with Crippen LogP contribution in [0.4, 0.5) is 5.88 Å². The molecule has 0 unspecified atom stereocenters. The Morgan fingerprint density at radius 1 is 1.33 bits per heavy atom. The molecule has 0 atom stereocenters. The van der Waals surface area contributed by atoms with Gasteiger partial charge in [0, 0.05) is 24.6 Å². The van der Waals surface area contributed by atoms with Crippen LogP contribution in [0.25, 0.3) is 0 Å². The van der Waals surface area contributed by atoms with Crippen molar-refractivity contribution in [1.29, 1.82) is 0 Å². The molecule has 3 N–H and O–H groups in total. The van der Waals surface area contributed by atoms with Crippen molar-refractivity contribution >= 4 is 17.8 Å². The molecule has 0 bridgehead atoms. The van der Waals surface area contributed by atoms with Crippen LogP contribution in [0, 0.1) is 0 Å². The van der Waals surface area contributed by atoms with E-state index < -0.39 is 5.97 Å². The molecule has 0 spiro atoms. The minimum atomic E-state index is -1.12. The van der Waals surface area contributed by atoms with Gasteiger partial charge in [0.25, 0.3) is 0 Å². The van der Waals surface area contributed by atoms with Gasteiger partial charge in [0.15, 0.2) is 5.88 Å². The van der Waals surface area contributed by atoms with Crippen LogP contribution in [-0.4, -0.2) is 29.1 Å². The molecule has 6 heteroatoms. The summed E-state index contributed by atoms with van der Waals surface area (Å²) in [6.45, 7) is 6.10. The number of furan rings is 1. The molecule has 0 aliphatic carbocycles. The van der Waals surface area contributed by atoms with Gasteiger partial charge >= 0.3 is 5.97 Å². The van der Waals surface area contributed by atoms with Gasteiger partial charge in [-0.2, -0.15) is 0 Å². The summed E-state index contributed by atoms with van der Waals surface area (Å²) in [5.41, 5.74) is -0.252. The molecule has 0 saturated heterocycles. The first-order valence-corrected chi connectivity index (χ1v) is 5.66. The Morgan fingerprint density at radius 3 is 2.50 bits per heavy atom. The molecular formula is C12H18N2O4. The maximum absolute atomic E-state index is 11.5. The number of carbonyl (C=O) groups excluding carboxylic acids is 1. The second-order valence-corrected chi connectivity index (χ2v) is 4.94. The van der Waals surface area contributed by atoms with Crippen LogP contribution in [0.3, 0.4) is 0 Å². The Balaban J connectivity index is 2.33. The van der Waals surface area contributed by atoms with Crippen LogP contribution in [0.15, 0.2) is 16.5 Å². The van der Waals surface area contributed by atoms with Crippen LogP contribution >= 0.6 is 0 Å². The fourth-order valence-corrected chi connectivity index (χ4v) is 1.33. The molecule has 100 valence electrons. The predicted molar refractivity (Wildman–Crippen MR) is 66.7 cm³/mol. The summed E-state index contributed by atoms with van der Waals surface area (Å²) in [4.78, 5) is 22.1. The van der Waals surface area contributed by atoms with Gasteiger partial charge < -0.3 is 20.2 Å². The zero-order valence-electron chi connectivity index (χ0n) is 10.7. The van der Waals surface area contributed by atoms with Crippen molar-refractivity contribution in [2.24, 2.45) is 0 Å². The van der Waals surface area contributed by atoms with Crippen molar-refractivity contribution in [3.8, 4) is 0 Å². The van der Waals surface area contributed by atoms with Gasteiger partial charge in [-0.15, -0.1) is 0 Å². The number of rotatable bonds is 5. The Bertz CT molecular complexity index is 432. The Kier molecular flexibility index (Phi) is 4.36. The van der Waals surface area contributed by atoms with Crippen LogP contribution in [0.5, 0.6) is 0 Å². The highest BCUT2D eigenvalue weighted by atomic mass is 16.4. The van der Waals surface area contributed by atoms with E-state index in [1.54, 1.807) is 0 Å². The number of hydrogen-bond donors (Lipinski definition) is 3. The number of amides is 1. The number of anilines is 1. The molecule has 0 aromatic carbocycles. The highest BCUT2D eigenvalue weighted by Crippen LogP contribution is 2.12. The van der Waals surface area contributed by atoms with E-state index in [1.807, 2.05) is 20.8 Å². The minimum absolute atomic E-state index is 0.0694. The lowest BCUT2D eigenvalue weighted by Gasteiger charge is -2.20. The van der Waals surface area contributed by atoms with E-state index in [2.05, 4.69) is 10.6 Å². The number of carboxylic acid groups (broad SMARTS) is 1. The Morgan fingerprint density at radius 2 is 2.00 bits per heavy atom. The molecular weight excluding hydrogens is 236 g/mol. The lowest BCUT2D eigenvalue weighted by atomic mass is 10.1. The molecule has 0 radical (unpaired) electrons. The fourth-order valence-electron chi connectivity index (χ4n) is 1.33. The first-order chi connectivity index (χ1) is 8.28. The number of carboxylic acids is 1. The molecule has 1 aromatic rings. The average Bonchev–Trinajstić information content (AvgIpc) is 2.63. The molecule has 1 aromatic heterocycles. The number of nitrogens with one attached hydrogen (secondary N) is 2. The summed E-state index contributed by atoms with van der Waals surface area (Å²) in [7, 11) is 0. The molecule has 0 saturated carbocycles. The van der Waals surface area contributed by atoms with Crippen molar-refractivity contribution in [1.82, 2.24) is 5.32 Å². The van der Waals surface area contributed by atoms with E-state index in [4.69, 9.17) is 9.52 Å². The molecule has 0 aliphatic rings. The number of carbonyl (C=O) groups is 2. The first-order valence-electron chi connectivity index (χ1n) is 5.66. The lowest BCUT2D eigenvalue weighted by Crippen LogP contribution is -2.41. The summed E-state index contributed by atoms with van der Waals surface area (Å²) in [6.07, 6.45) is 0.292. The van der Waals surface area contributed by atoms with E-state index in [-0.39, 0.29) is 17.2 Å². The Hall–Kier alpha value is -1.98. The summed E-state index contributed by atoms with van der Waals surface area (Å²) in [6, 6.07) is 2.88. The van der Waals surface area contributed by atoms with E-state index >= 15 is 0 Å². The molecule has 1 heterocycles. The van der Waals surface area contributed by atoms with Crippen LogP contribution in [0.1, 0.15) is 37.7 Å². The van der Waals surface area contributed by atoms with Gasteiger partial charge in [-0.1, -0.05) is 0 Å². The van der Waals surface area contributed by atoms with E-state index in [9.17, 15) is 9.59 Å². The molecule has 0 aliphatic heterocycles. The third-order valence-electron chi connectivity index (χ3n) is 1.98. The monoisotopic (exact) mass is 254 g/mol. The van der Waals surface area contributed by atoms with Gasteiger partial charge in [0.2, 0.25) is 11.7 Å². The SMILES string of the molecule is CC(C)(C)NC(=O)CCNc1ccc(C(=O)O)o1. The van der Waals surface area contributed by atoms with Crippen molar-refractivity contribution in [3.05, 3.63) is 17.9 Å². The quantitative estimate of drug-likeness (QED) is 0.743. The van der Waals surface area contributed by atoms with Crippen molar-refractivity contribution in [2.45, 2.75) is 32.7 Å². The predicted octanol–water partition coefficient (Wildman–Crippen LogP) is 1.69. The van der Waals surface area contributed by atoms with E-state index in [1.165, 1.54) is 12.1 Å². The molecule has 1 amide bonds. The van der Waals surface area contributed by atoms with Gasteiger partial charge in [-0.25, -0.2) is 4.79 Å². The molecule has 1 rings (SSSR count). The summed E-state index contributed by atoms with van der Waals surface area (Å²) in [5.74, 6) is -0.971. The maximum atomic E-state index is 11.5.